The number of amides is 1. The minimum Gasteiger partial charge on any atom is -0.490 e. The van der Waals surface area contributed by atoms with E-state index in [1.54, 1.807) is 0 Å². The predicted molar refractivity (Wildman–Crippen MR) is 174 cm³/mol. The molecule has 248 valence electrons. The fourth-order valence-corrected chi connectivity index (χ4v) is 5.92. The van der Waals surface area contributed by atoms with Gasteiger partial charge in [0.2, 0.25) is 5.91 Å². The number of rotatable bonds is 18. The van der Waals surface area contributed by atoms with Crippen molar-refractivity contribution >= 4 is 5.91 Å². The summed E-state index contributed by atoms with van der Waals surface area (Å²) in [4.78, 5) is 16.7. The van der Waals surface area contributed by atoms with Gasteiger partial charge in [-0.25, -0.2) is 0 Å². The summed E-state index contributed by atoms with van der Waals surface area (Å²) in [5, 5.41) is 54.8. The zero-order chi connectivity index (χ0) is 32.7. The van der Waals surface area contributed by atoms with Crippen molar-refractivity contribution in [2.24, 2.45) is 0 Å². The van der Waals surface area contributed by atoms with E-state index in [9.17, 15) is 25.2 Å². The summed E-state index contributed by atoms with van der Waals surface area (Å²) in [6, 6.07) is 16.6. The maximum absolute atomic E-state index is 12.2. The first-order chi connectivity index (χ1) is 22.2. The molecule has 2 aliphatic rings. The SMILES string of the molecule is Cc1ccc(C(CO)CCCNC(=O)CC(O)C(O)C(O)CO)cc1CNC1(c2cnccc2-c2ccccc2OC2CC2)CC1. The number of ether oxygens (including phenoxy) is 1. The Morgan fingerprint density at radius 2 is 1.80 bits per heavy atom. The van der Waals surface area contributed by atoms with Gasteiger partial charge < -0.3 is 40.9 Å². The quantitative estimate of drug-likeness (QED) is 0.104. The van der Waals surface area contributed by atoms with Crippen LogP contribution in [0.5, 0.6) is 5.75 Å². The number of carbonyl (C=O) groups is 1. The third-order valence-electron chi connectivity index (χ3n) is 9.19. The summed E-state index contributed by atoms with van der Waals surface area (Å²) >= 11 is 0. The normalized spacial score (nSPS) is 18.0. The molecule has 0 aliphatic heterocycles. The van der Waals surface area contributed by atoms with E-state index in [-0.39, 0.29) is 18.1 Å². The van der Waals surface area contributed by atoms with E-state index in [1.807, 2.05) is 30.6 Å². The number of para-hydroxylation sites is 1. The summed E-state index contributed by atoms with van der Waals surface area (Å²) in [6.45, 7) is 2.36. The molecule has 4 unspecified atom stereocenters. The van der Waals surface area contributed by atoms with Crippen LogP contribution in [0.2, 0.25) is 0 Å². The van der Waals surface area contributed by atoms with E-state index >= 15 is 0 Å². The molecule has 1 heterocycles. The van der Waals surface area contributed by atoms with Gasteiger partial charge in [0.1, 0.15) is 18.0 Å². The fourth-order valence-electron chi connectivity index (χ4n) is 5.92. The number of aromatic nitrogens is 1. The van der Waals surface area contributed by atoms with Crippen molar-refractivity contribution in [2.75, 3.05) is 19.8 Å². The van der Waals surface area contributed by atoms with Gasteiger partial charge in [0.25, 0.3) is 0 Å². The van der Waals surface area contributed by atoms with Crippen LogP contribution in [0.4, 0.5) is 0 Å². The smallest absolute Gasteiger partial charge is 0.222 e. The molecule has 0 saturated heterocycles. The average molecular weight is 634 g/mol. The second-order valence-electron chi connectivity index (χ2n) is 12.7. The molecule has 2 aromatic carbocycles. The van der Waals surface area contributed by atoms with Crippen LogP contribution in [0.1, 0.15) is 73.1 Å². The second-order valence-corrected chi connectivity index (χ2v) is 12.7. The van der Waals surface area contributed by atoms with E-state index < -0.39 is 37.2 Å². The molecule has 10 heteroatoms. The largest absolute Gasteiger partial charge is 0.490 e. The van der Waals surface area contributed by atoms with E-state index in [0.29, 0.717) is 32.0 Å². The Bertz CT molecular complexity index is 1460. The van der Waals surface area contributed by atoms with Crippen LogP contribution in [-0.2, 0) is 16.9 Å². The first kappa shape index (κ1) is 34.0. The number of aliphatic hydroxyl groups excluding tert-OH is 5. The third-order valence-corrected chi connectivity index (χ3v) is 9.19. The maximum Gasteiger partial charge on any atom is 0.222 e. The summed E-state index contributed by atoms with van der Waals surface area (Å²) in [5.74, 6) is 0.345. The highest BCUT2D eigenvalue weighted by Gasteiger charge is 2.46. The van der Waals surface area contributed by atoms with Gasteiger partial charge in [-0.2, -0.15) is 0 Å². The Balaban J connectivity index is 1.19. The van der Waals surface area contributed by atoms with Crippen molar-refractivity contribution in [1.29, 1.82) is 0 Å². The zero-order valence-corrected chi connectivity index (χ0v) is 26.4. The number of nitrogens with one attached hydrogen (secondary N) is 2. The average Bonchev–Trinajstić information content (AvgIpc) is 4.02. The number of aryl methyl sites for hydroxylation is 1. The number of nitrogens with zero attached hydrogens (tertiary/aromatic N) is 1. The van der Waals surface area contributed by atoms with Crippen LogP contribution in [-0.4, -0.2) is 80.6 Å². The molecular formula is C36H47N3O7. The van der Waals surface area contributed by atoms with Crippen molar-refractivity contribution in [1.82, 2.24) is 15.6 Å². The molecule has 7 N–H and O–H groups in total. The predicted octanol–water partition coefficient (Wildman–Crippen LogP) is 2.81. The standard InChI is InChI=1S/C36H47N3O7/c1-23-8-9-24(25(21-40)5-4-15-38-34(44)18-31(42)35(45)32(43)22-41)17-26(23)19-39-36(13-14-36)30-20-37-16-12-28(30)29-6-2-3-7-33(29)46-27-10-11-27/h2-3,6-9,12,16-17,20,25,27,31-32,35,39-43,45H,4-5,10-11,13-15,18-19,21-22H2,1H3,(H,38,44). The molecule has 0 bridgehead atoms. The van der Waals surface area contributed by atoms with Crippen LogP contribution in [0.25, 0.3) is 11.1 Å². The van der Waals surface area contributed by atoms with Gasteiger partial charge in [0.15, 0.2) is 0 Å². The molecule has 46 heavy (non-hydrogen) atoms. The number of benzene rings is 2. The van der Waals surface area contributed by atoms with Gasteiger partial charge in [-0.1, -0.05) is 36.4 Å². The van der Waals surface area contributed by atoms with Gasteiger partial charge in [-0.3, -0.25) is 9.78 Å². The molecule has 10 nitrogen and oxygen atoms in total. The number of aliphatic hydroxyl groups is 5. The first-order valence-electron chi connectivity index (χ1n) is 16.3. The summed E-state index contributed by atoms with van der Waals surface area (Å²) in [6.07, 6.45) is 4.62. The lowest BCUT2D eigenvalue weighted by molar-refractivity contribution is -0.128. The third kappa shape index (κ3) is 8.50. The van der Waals surface area contributed by atoms with E-state index in [2.05, 4.69) is 52.9 Å². The monoisotopic (exact) mass is 633 g/mol. The van der Waals surface area contributed by atoms with Gasteiger partial charge in [-0.05, 0) is 85.4 Å². The Labute approximate surface area is 270 Å². The topological polar surface area (TPSA) is 164 Å². The highest BCUT2D eigenvalue weighted by molar-refractivity contribution is 5.76. The van der Waals surface area contributed by atoms with Crippen molar-refractivity contribution in [3.8, 4) is 16.9 Å². The lowest BCUT2D eigenvalue weighted by atomic mass is 9.91. The Morgan fingerprint density at radius 1 is 1.02 bits per heavy atom. The van der Waals surface area contributed by atoms with Crippen LogP contribution >= 0.6 is 0 Å². The van der Waals surface area contributed by atoms with Crippen LogP contribution < -0.4 is 15.4 Å². The van der Waals surface area contributed by atoms with Gasteiger partial charge >= 0.3 is 0 Å². The fraction of sp³-hybridized carbons (Fsp3) is 0.500. The molecule has 2 fully saturated rings. The summed E-state index contributed by atoms with van der Waals surface area (Å²) in [7, 11) is 0. The zero-order valence-electron chi connectivity index (χ0n) is 26.4. The molecule has 2 aliphatic carbocycles. The molecule has 1 aromatic heterocycles. The van der Waals surface area contributed by atoms with Crippen LogP contribution in [0, 0.1) is 6.92 Å². The first-order valence-corrected chi connectivity index (χ1v) is 16.3. The highest BCUT2D eigenvalue weighted by atomic mass is 16.5. The molecule has 0 radical (unpaired) electrons. The molecular weight excluding hydrogens is 586 g/mol. The Morgan fingerprint density at radius 3 is 2.52 bits per heavy atom. The van der Waals surface area contributed by atoms with E-state index in [4.69, 9.17) is 9.84 Å². The molecule has 0 spiro atoms. The summed E-state index contributed by atoms with van der Waals surface area (Å²) < 4.78 is 6.26. The van der Waals surface area contributed by atoms with Gasteiger partial charge in [0.05, 0.1) is 25.2 Å². The van der Waals surface area contributed by atoms with Crippen LogP contribution in [0.15, 0.2) is 60.9 Å². The number of carbonyl (C=O) groups excluding carboxylic acids is 1. The van der Waals surface area contributed by atoms with Gasteiger partial charge in [0, 0.05) is 49.1 Å². The van der Waals surface area contributed by atoms with Gasteiger partial charge in [-0.15, -0.1) is 0 Å². The molecule has 1 amide bonds. The van der Waals surface area contributed by atoms with Crippen molar-refractivity contribution in [3.63, 3.8) is 0 Å². The molecule has 2 saturated carbocycles. The minimum absolute atomic E-state index is 0.0286. The van der Waals surface area contributed by atoms with Crippen molar-refractivity contribution in [2.45, 2.75) is 94.3 Å². The Kier molecular flexibility index (Phi) is 11.4. The van der Waals surface area contributed by atoms with E-state index in [0.717, 1.165) is 59.3 Å². The molecule has 4 atom stereocenters. The number of hydrogen-bond acceptors (Lipinski definition) is 9. The Hall–Kier alpha value is -3.38. The highest BCUT2D eigenvalue weighted by Crippen LogP contribution is 2.50. The lowest BCUT2D eigenvalue weighted by Crippen LogP contribution is -2.42. The van der Waals surface area contributed by atoms with Crippen LogP contribution in [0.3, 0.4) is 0 Å². The second kappa shape index (κ2) is 15.5. The number of hydrogen-bond donors (Lipinski definition) is 7. The molecule has 3 aromatic rings. The number of pyridine rings is 1. The summed E-state index contributed by atoms with van der Waals surface area (Å²) in [5.41, 5.74) is 6.60. The maximum atomic E-state index is 12.2. The lowest BCUT2D eigenvalue weighted by Gasteiger charge is -2.23. The van der Waals surface area contributed by atoms with E-state index in [1.165, 1.54) is 5.56 Å². The van der Waals surface area contributed by atoms with Crippen molar-refractivity contribution < 1.29 is 35.1 Å². The van der Waals surface area contributed by atoms with Crippen molar-refractivity contribution in [3.05, 3.63) is 83.2 Å². The minimum atomic E-state index is -1.61. The molecule has 5 rings (SSSR count).